The van der Waals surface area contributed by atoms with E-state index >= 15 is 0 Å². The van der Waals surface area contributed by atoms with Gasteiger partial charge in [0.05, 0.1) is 6.26 Å². The van der Waals surface area contributed by atoms with E-state index in [0.29, 0.717) is 0 Å². The van der Waals surface area contributed by atoms with Crippen molar-refractivity contribution in [3.63, 3.8) is 0 Å². The summed E-state index contributed by atoms with van der Waals surface area (Å²) in [5, 5.41) is 0. The van der Waals surface area contributed by atoms with E-state index in [1.807, 2.05) is 0 Å². The van der Waals surface area contributed by atoms with Gasteiger partial charge in [-0.25, -0.2) is 0 Å². The van der Waals surface area contributed by atoms with Crippen LogP contribution in [0, 0.1) is 6.42 Å². The van der Waals surface area contributed by atoms with Crippen molar-refractivity contribution in [3.05, 3.63) is 30.1 Å². The van der Waals surface area contributed by atoms with Crippen molar-refractivity contribution in [3.8, 4) is 0 Å². The zero-order valence-corrected chi connectivity index (χ0v) is 5.18. The molecule has 1 aliphatic rings. The molecule has 2 rings (SSSR count). The van der Waals surface area contributed by atoms with Crippen molar-refractivity contribution in [1.29, 1.82) is 0 Å². The Hall–Kier alpha value is -0.720. The summed E-state index contributed by atoms with van der Waals surface area (Å²) < 4.78 is 5.19. The number of fused-ring (bicyclic) bond motifs is 1. The van der Waals surface area contributed by atoms with Gasteiger partial charge in [0.15, 0.2) is 0 Å². The highest BCUT2D eigenvalue weighted by atomic mass is 16.3. The summed E-state index contributed by atoms with van der Waals surface area (Å²) in [6.45, 7) is 0. The van der Waals surface area contributed by atoms with Crippen LogP contribution in [0.2, 0.25) is 0 Å². The molecule has 0 saturated carbocycles. The Bertz CT molecular complexity index is 180. The Morgan fingerprint density at radius 1 is 1.56 bits per heavy atom. The highest BCUT2D eigenvalue weighted by molar-refractivity contribution is 5.21. The van der Waals surface area contributed by atoms with Gasteiger partial charge in [-0.1, -0.05) is 0 Å². The molecule has 1 aliphatic carbocycles. The Balaban J connectivity index is 2.39. The van der Waals surface area contributed by atoms with Crippen LogP contribution < -0.4 is 0 Å². The fourth-order valence-corrected chi connectivity index (χ4v) is 1.17. The molecule has 0 unspecified atom stereocenters. The molecule has 1 heterocycles. The number of hydrogen-bond donors (Lipinski definition) is 0. The molecule has 0 bridgehead atoms. The van der Waals surface area contributed by atoms with Crippen molar-refractivity contribution in [2.24, 2.45) is 0 Å². The van der Waals surface area contributed by atoms with Crippen molar-refractivity contribution in [1.82, 2.24) is 0 Å². The molecule has 0 saturated heterocycles. The molecule has 0 aromatic carbocycles. The second-order valence-electron chi connectivity index (χ2n) is 2.30. The van der Waals surface area contributed by atoms with Crippen LogP contribution >= 0.6 is 0 Å². The van der Waals surface area contributed by atoms with Gasteiger partial charge < -0.3 is 4.42 Å². The smallest absolute Gasteiger partial charge is 0.107 e. The van der Waals surface area contributed by atoms with Crippen molar-refractivity contribution >= 4 is 0 Å². The molecule has 0 spiro atoms. The maximum Gasteiger partial charge on any atom is 0.107 e. The second kappa shape index (κ2) is 1.90. The first-order valence-electron chi connectivity index (χ1n) is 3.23. The third kappa shape index (κ3) is 0.766. The maximum atomic E-state index is 5.19. The SMILES string of the molecule is [C]1CCc2ccoc2C1. The first-order valence-corrected chi connectivity index (χ1v) is 3.23. The minimum atomic E-state index is 0.905. The fourth-order valence-electron chi connectivity index (χ4n) is 1.17. The van der Waals surface area contributed by atoms with E-state index in [1.165, 1.54) is 5.56 Å². The standard InChI is InChI=1S/C8H8O/c1-2-4-8-7(3-1)5-6-9-8/h5-6H,1,3-4H2. The van der Waals surface area contributed by atoms with Crippen LogP contribution in [0.4, 0.5) is 0 Å². The Morgan fingerprint density at radius 3 is 3.44 bits per heavy atom. The number of furan rings is 1. The van der Waals surface area contributed by atoms with Crippen LogP contribution in [0.25, 0.3) is 0 Å². The van der Waals surface area contributed by atoms with Crippen LogP contribution in [0.3, 0.4) is 0 Å². The average Bonchev–Trinajstić information content (AvgIpc) is 2.33. The monoisotopic (exact) mass is 120 g/mol. The van der Waals surface area contributed by atoms with E-state index in [1.54, 1.807) is 6.26 Å². The first-order chi connectivity index (χ1) is 4.47. The minimum absolute atomic E-state index is 0.905. The van der Waals surface area contributed by atoms with Gasteiger partial charge in [-0.05, 0) is 30.9 Å². The largest absolute Gasteiger partial charge is 0.469 e. The lowest BCUT2D eigenvalue weighted by molar-refractivity contribution is 0.503. The van der Waals surface area contributed by atoms with Crippen molar-refractivity contribution < 1.29 is 4.42 Å². The fraction of sp³-hybridized carbons (Fsp3) is 0.375. The van der Waals surface area contributed by atoms with Gasteiger partial charge in [-0.15, -0.1) is 0 Å². The summed E-state index contributed by atoms with van der Waals surface area (Å²) in [5.41, 5.74) is 1.37. The Kier molecular flexibility index (Phi) is 1.08. The van der Waals surface area contributed by atoms with Crippen LogP contribution in [0.5, 0.6) is 0 Å². The van der Waals surface area contributed by atoms with E-state index < -0.39 is 0 Å². The van der Waals surface area contributed by atoms with Crippen molar-refractivity contribution in [2.45, 2.75) is 19.3 Å². The summed E-state index contributed by atoms with van der Waals surface area (Å²) in [7, 11) is 0. The van der Waals surface area contributed by atoms with Gasteiger partial charge >= 0.3 is 0 Å². The van der Waals surface area contributed by atoms with E-state index in [-0.39, 0.29) is 0 Å². The van der Waals surface area contributed by atoms with E-state index in [9.17, 15) is 0 Å². The first kappa shape index (κ1) is 5.10. The third-order valence-electron chi connectivity index (χ3n) is 1.69. The van der Waals surface area contributed by atoms with E-state index in [0.717, 1.165) is 25.0 Å². The molecule has 1 aromatic heterocycles. The molecule has 1 nitrogen and oxygen atoms in total. The van der Waals surface area contributed by atoms with Crippen LogP contribution in [0.1, 0.15) is 17.7 Å². The molecule has 2 radical (unpaired) electrons. The Labute approximate surface area is 54.7 Å². The highest BCUT2D eigenvalue weighted by Gasteiger charge is 2.10. The highest BCUT2D eigenvalue weighted by Crippen LogP contribution is 2.20. The van der Waals surface area contributed by atoms with Crippen LogP contribution in [-0.4, -0.2) is 0 Å². The lowest BCUT2D eigenvalue weighted by Gasteiger charge is -2.06. The predicted octanol–water partition coefficient (Wildman–Crippen LogP) is 1.85. The zero-order valence-electron chi connectivity index (χ0n) is 5.18. The topological polar surface area (TPSA) is 13.1 Å². The molecular formula is C8H8O. The zero-order chi connectivity index (χ0) is 6.10. The normalized spacial score (nSPS) is 17.3. The van der Waals surface area contributed by atoms with Crippen LogP contribution in [-0.2, 0) is 12.8 Å². The molecule has 9 heavy (non-hydrogen) atoms. The van der Waals surface area contributed by atoms with E-state index in [4.69, 9.17) is 4.42 Å². The number of rotatable bonds is 0. The molecule has 0 fully saturated rings. The minimum Gasteiger partial charge on any atom is -0.469 e. The van der Waals surface area contributed by atoms with Crippen LogP contribution in [0.15, 0.2) is 16.7 Å². The molecule has 1 heteroatoms. The molecular weight excluding hydrogens is 112 g/mol. The van der Waals surface area contributed by atoms with Gasteiger partial charge in [0, 0.05) is 6.42 Å². The van der Waals surface area contributed by atoms with Gasteiger partial charge in [-0.3, -0.25) is 0 Å². The predicted molar refractivity (Wildman–Crippen MR) is 34.0 cm³/mol. The second-order valence-corrected chi connectivity index (χ2v) is 2.30. The quantitative estimate of drug-likeness (QED) is 0.509. The Morgan fingerprint density at radius 2 is 2.56 bits per heavy atom. The molecule has 0 amide bonds. The summed E-state index contributed by atoms with van der Waals surface area (Å²) in [5.74, 6) is 1.11. The van der Waals surface area contributed by atoms with Gasteiger partial charge in [0.25, 0.3) is 0 Å². The summed E-state index contributed by atoms with van der Waals surface area (Å²) in [6.07, 6.45) is 8.11. The number of aryl methyl sites for hydroxylation is 1. The lowest BCUT2D eigenvalue weighted by Crippen LogP contribution is -1.98. The lowest BCUT2D eigenvalue weighted by atomic mass is 9.99. The average molecular weight is 120 g/mol. The van der Waals surface area contributed by atoms with Gasteiger partial charge in [0.1, 0.15) is 5.76 Å². The summed E-state index contributed by atoms with van der Waals surface area (Å²) in [6, 6.07) is 2.05. The van der Waals surface area contributed by atoms with Crippen molar-refractivity contribution in [2.75, 3.05) is 0 Å². The molecule has 0 aliphatic heterocycles. The molecule has 0 N–H and O–H groups in total. The molecule has 1 aromatic rings. The maximum absolute atomic E-state index is 5.19. The van der Waals surface area contributed by atoms with Gasteiger partial charge in [0.2, 0.25) is 0 Å². The molecule has 0 atom stereocenters. The summed E-state index contributed by atoms with van der Waals surface area (Å²) in [4.78, 5) is 0. The van der Waals surface area contributed by atoms with Gasteiger partial charge in [-0.2, -0.15) is 0 Å². The molecule has 46 valence electrons. The third-order valence-corrected chi connectivity index (χ3v) is 1.69. The number of hydrogen-bond acceptors (Lipinski definition) is 1. The summed E-state index contributed by atoms with van der Waals surface area (Å²) >= 11 is 0. The van der Waals surface area contributed by atoms with E-state index in [2.05, 4.69) is 12.5 Å².